The predicted octanol–water partition coefficient (Wildman–Crippen LogP) is 5.01. The zero-order valence-electron chi connectivity index (χ0n) is 14.1. The van der Waals surface area contributed by atoms with Gasteiger partial charge in [-0.2, -0.15) is 8.42 Å². The number of hydrogen-bond acceptors (Lipinski definition) is 2. The molecule has 0 aromatic heterocycles. The molecular formula is C20H17BrN2O2S. The number of amidine groups is 1. The summed E-state index contributed by atoms with van der Waals surface area (Å²) in [5, 5.41) is 3.13. The Morgan fingerprint density at radius 3 is 2.27 bits per heavy atom. The van der Waals surface area contributed by atoms with Gasteiger partial charge in [-0.1, -0.05) is 58.4 Å². The Kier molecular flexibility index (Phi) is 5.54. The molecule has 1 N–H and O–H groups in total. The van der Waals surface area contributed by atoms with Gasteiger partial charge in [0.15, 0.2) is 5.84 Å². The van der Waals surface area contributed by atoms with Crippen LogP contribution in [0.5, 0.6) is 0 Å². The van der Waals surface area contributed by atoms with E-state index >= 15 is 0 Å². The molecule has 3 aromatic rings. The molecule has 26 heavy (non-hydrogen) atoms. The van der Waals surface area contributed by atoms with Crippen molar-refractivity contribution in [3.05, 3.63) is 94.5 Å². The number of halogens is 1. The fourth-order valence-corrected chi connectivity index (χ4v) is 3.62. The molecule has 0 saturated carbocycles. The number of hydrogen-bond donors (Lipinski definition) is 1. The molecule has 0 unspecified atom stereocenters. The number of benzene rings is 3. The van der Waals surface area contributed by atoms with Crippen molar-refractivity contribution >= 4 is 37.5 Å². The molecule has 3 aromatic carbocycles. The van der Waals surface area contributed by atoms with Gasteiger partial charge in [0.1, 0.15) is 0 Å². The van der Waals surface area contributed by atoms with Crippen molar-refractivity contribution in [3.63, 3.8) is 0 Å². The number of aryl methyl sites for hydroxylation is 1. The number of nitrogens with one attached hydrogen (secondary N) is 1. The maximum Gasteiger partial charge on any atom is 0.284 e. The molecule has 132 valence electrons. The summed E-state index contributed by atoms with van der Waals surface area (Å²) in [5.74, 6) is 0.277. The van der Waals surface area contributed by atoms with Gasteiger partial charge in [0.05, 0.1) is 4.90 Å². The van der Waals surface area contributed by atoms with E-state index < -0.39 is 10.0 Å². The van der Waals surface area contributed by atoms with Crippen LogP contribution >= 0.6 is 15.9 Å². The van der Waals surface area contributed by atoms with Crippen LogP contribution in [0.1, 0.15) is 11.1 Å². The Morgan fingerprint density at radius 2 is 1.62 bits per heavy atom. The van der Waals surface area contributed by atoms with Crippen LogP contribution in [-0.2, 0) is 10.0 Å². The van der Waals surface area contributed by atoms with Gasteiger partial charge in [0, 0.05) is 15.7 Å². The largest absolute Gasteiger partial charge is 0.339 e. The third-order valence-corrected chi connectivity index (χ3v) is 5.47. The number of anilines is 1. The maximum atomic E-state index is 12.7. The van der Waals surface area contributed by atoms with E-state index in [0.29, 0.717) is 5.56 Å². The van der Waals surface area contributed by atoms with Gasteiger partial charge in [-0.15, -0.1) is 4.40 Å². The average molecular weight is 429 g/mol. The van der Waals surface area contributed by atoms with Crippen LogP contribution in [-0.4, -0.2) is 14.3 Å². The number of nitrogens with zero attached hydrogens (tertiary/aromatic N) is 1. The topological polar surface area (TPSA) is 58.5 Å². The summed E-state index contributed by atoms with van der Waals surface area (Å²) in [7, 11) is -3.85. The second-order valence-electron chi connectivity index (χ2n) is 5.73. The first-order chi connectivity index (χ1) is 12.4. The summed E-state index contributed by atoms with van der Waals surface area (Å²) in [6.07, 6.45) is 0. The van der Waals surface area contributed by atoms with Crippen LogP contribution in [0.2, 0.25) is 0 Å². The third kappa shape index (κ3) is 4.59. The molecular weight excluding hydrogens is 412 g/mol. The van der Waals surface area contributed by atoms with Gasteiger partial charge >= 0.3 is 0 Å². The van der Waals surface area contributed by atoms with Crippen LogP contribution in [0, 0.1) is 6.92 Å². The average Bonchev–Trinajstić information content (AvgIpc) is 2.62. The van der Waals surface area contributed by atoms with E-state index in [4.69, 9.17) is 0 Å². The summed E-state index contributed by atoms with van der Waals surface area (Å²) >= 11 is 3.31. The van der Waals surface area contributed by atoms with Crippen molar-refractivity contribution in [1.29, 1.82) is 0 Å². The normalized spacial score (nSPS) is 12.0. The monoisotopic (exact) mass is 428 g/mol. The van der Waals surface area contributed by atoms with Crippen molar-refractivity contribution in [1.82, 2.24) is 0 Å². The van der Waals surface area contributed by atoms with Crippen LogP contribution in [0.25, 0.3) is 0 Å². The predicted molar refractivity (Wildman–Crippen MR) is 109 cm³/mol. The molecule has 4 nitrogen and oxygen atoms in total. The van der Waals surface area contributed by atoms with Crippen LogP contribution < -0.4 is 5.32 Å². The minimum Gasteiger partial charge on any atom is -0.339 e. The summed E-state index contributed by atoms with van der Waals surface area (Å²) in [4.78, 5) is 0.139. The lowest BCUT2D eigenvalue weighted by Gasteiger charge is -2.11. The summed E-state index contributed by atoms with van der Waals surface area (Å²) in [6, 6.07) is 23.3. The maximum absolute atomic E-state index is 12.7. The lowest BCUT2D eigenvalue weighted by molar-refractivity contribution is 0.598. The Labute approximate surface area is 161 Å². The van der Waals surface area contributed by atoms with Crippen LogP contribution in [0.15, 0.2) is 92.6 Å². The van der Waals surface area contributed by atoms with Crippen molar-refractivity contribution < 1.29 is 8.42 Å². The summed E-state index contributed by atoms with van der Waals surface area (Å²) in [6.45, 7) is 1.98. The van der Waals surface area contributed by atoms with E-state index in [9.17, 15) is 8.42 Å². The summed E-state index contributed by atoms with van der Waals surface area (Å²) in [5.41, 5.74) is 2.53. The van der Waals surface area contributed by atoms with Gasteiger partial charge in [-0.05, 0) is 48.9 Å². The lowest BCUT2D eigenvalue weighted by Crippen LogP contribution is -2.16. The minimum absolute atomic E-state index is 0.139. The highest BCUT2D eigenvalue weighted by atomic mass is 79.9. The van der Waals surface area contributed by atoms with Gasteiger partial charge in [0.25, 0.3) is 10.0 Å². The first-order valence-corrected chi connectivity index (χ1v) is 10.2. The van der Waals surface area contributed by atoms with E-state index in [0.717, 1.165) is 15.7 Å². The first-order valence-electron chi connectivity index (χ1n) is 7.94. The Morgan fingerprint density at radius 1 is 0.923 bits per heavy atom. The molecule has 0 radical (unpaired) electrons. The molecule has 0 heterocycles. The molecule has 0 bridgehead atoms. The molecule has 0 aliphatic heterocycles. The zero-order valence-corrected chi connectivity index (χ0v) is 16.5. The van der Waals surface area contributed by atoms with Gasteiger partial charge < -0.3 is 5.32 Å². The standard InChI is InChI=1S/C20H17BrN2O2S/c1-15-6-5-9-18(14-15)22-20(16-7-3-2-4-8-16)23-26(24,25)19-12-10-17(21)11-13-19/h2-14H,1H3,(H,22,23). The Bertz CT molecular complexity index is 1030. The van der Waals surface area contributed by atoms with E-state index in [1.54, 1.807) is 12.1 Å². The Balaban J connectivity index is 2.05. The molecule has 0 atom stereocenters. The second-order valence-corrected chi connectivity index (χ2v) is 8.25. The molecule has 0 aliphatic carbocycles. The molecule has 0 fully saturated rings. The lowest BCUT2D eigenvalue weighted by atomic mass is 10.2. The van der Waals surface area contributed by atoms with Crippen molar-refractivity contribution in [2.75, 3.05) is 5.32 Å². The molecule has 0 spiro atoms. The van der Waals surface area contributed by atoms with Crippen molar-refractivity contribution in [2.45, 2.75) is 11.8 Å². The Hall–Kier alpha value is -2.44. The van der Waals surface area contributed by atoms with Crippen LogP contribution in [0.3, 0.4) is 0 Å². The molecule has 3 rings (SSSR count). The third-order valence-electron chi connectivity index (χ3n) is 3.65. The van der Waals surface area contributed by atoms with Gasteiger partial charge in [-0.25, -0.2) is 0 Å². The highest BCUT2D eigenvalue weighted by molar-refractivity contribution is 9.10. The SMILES string of the molecule is Cc1cccc(NC(=NS(=O)(=O)c2ccc(Br)cc2)c2ccccc2)c1. The fourth-order valence-electron chi connectivity index (χ4n) is 2.38. The van der Waals surface area contributed by atoms with Gasteiger partial charge in [-0.3, -0.25) is 0 Å². The van der Waals surface area contributed by atoms with Gasteiger partial charge in [0.2, 0.25) is 0 Å². The fraction of sp³-hybridized carbons (Fsp3) is 0.0500. The smallest absolute Gasteiger partial charge is 0.284 e. The van der Waals surface area contributed by atoms with Crippen molar-refractivity contribution in [2.24, 2.45) is 4.40 Å². The van der Waals surface area contributed by atoms with E-state index in [1.165, 1.54) is 12.1 Å². The molecule has 6 heteroatoms. The molecule has 0 aliphatic rings. The number of sulfonamides is 1. The highest BCUT2D eigenvalue weighted by Crippen LogP contribution is 2.19. The molecule has 0 amide bonds. The first kappa shape index (κ1) is 18.4. The van der Waals surface area contributed by atoms with E-state index in [-0.39, 0.29) is 10.7 Å². The van der Waals surface area contributed by atoms with E-state index in [1.807, 2.05) is 61.5 Å². The minimum atomic E-state index is -3.85. The van der Waals surface area contributed by atoms with Crippen molar-refractivity contribution in [3.8, 4) is 0 Å². The van der Waals surface area contributed by atoms with Crippen LogP contribution in [0.4, 0.5) is 5.69 Å². The zero-order chi connectivity index (χ0) is 18.6. The summed E-state index contributed by atoms with van der Waals surface area (Å²) < 4.78 is 30.4. The number of rotatable bonds is 4. The van der Waals surface area contributed by atoms with E-state index in [2.05, 4.69) is 25.6 Å². The second kappa shape index (κ2) is 7.85. The quantitative estimate of drug-likeness (QED) is 0.469. The molecule has 0 saturated heterocycles. The highest BCUT2D eigenvalue weighted by Gasteiger charge is 2.16.